The third-order valence-corrected chi connectivity index (χ3v) is 5.25. The molecule has 1 aromatic carbocycles. The van der Waals surface area contributed by atoms with Gasteiger partial charge in [0.2, 0.25) is 0 Å². The first kappa shape index (κ1) is 19.4. The van der Waals surface area contributed by atoms with E-state index in [1.54, 1.807) is 0 Å². The molecular formula is C21H31N5O. The van der Waals surface area contributed by atoms with E-state index in [1.807, 2.05) is 11.0 Å². The molecule has 6 nitrogen and oxygen atoms in total. The number of para-hydroxylation sites is 1. The van der Waals surface area contributed by atoms with Crippen LogP contribution in [0.1, 0.15) is 61.8 Å². The Kier molecular flexibility index (Phi) is 6.48. The van der Waals surface area contributed by atoms with Gasteiger partial charge in [0.15, 0.2) is 5.82 Å². The van der Waals surface area contributed by atoms with E-state index in [4.69, 9.17) is 0 Å². The second-order valence-electron chi connectivity index (χ2n) is 7.41. The van der Waals surface area contributed by atoms with Crippen LogP contribution >= 0.6 is 0 Å². The number of hydrogen-bond donors (Lipinski definition) is 1. The molecular weight excluding hydrogens is 338 g/mol. The fraction of sp³-hybridized carbons (Fsp3) is 0.571. The number of amides is 2. The molecule has 2 heterocycles. The molecule has 0 unspecified atom stereocenters. The van der Waals surface area contributed by atoms with Crippen molar-refractivity contribution >= 4 is 11.7 Å². The molecule has 1 aromatic heterocycles. The van der Waals surface area contributed by atoms with Crippen molar-refractivity contribution in [1.29, 1.82) is 0 Å². The highest BCUT2D eigenvalue weighted by molar-refractivity contribution is 5.93. The first-order valence-corrected chi connectivity index (χ1v) is 10.1. The van der Waals surface area contributed by atoms with Crippen molar-refractivity contribution in [2.24, 2.45) is 0 Å². The molecule has 2 aromatic rings. The first-order valence-electron chi connectivity index (χ1n) is 10.1. The number of hydrogen-bond acceptors (Lipinski definition) is 3. The van der Waals surface area contributed by atoms with Crippen molar-refractivity contribution in [1.82, 2.24) is 20.1 Å². The Morgan fingerprint density at radius 3 is 2.70 bits per heavy atom. The summed E-state index contributed by atoms with van der Waals surface area (Å²) in [5, 5.41) is 11.9. The van der Waals surface area contributed by atoms with Crippen LogP contribution in [0.2, 0.25) is 0 Å². The molecule has 6 heteroatoms. The summed E-state index contributed by atoms with van der Waals surface area (Å²) in [6, 6.07) is 6.08. The third-order valence-electron chi connectivity index (χ3n) is 5.25. The number of carbonyl (C=O) groups excluding carboxylic acids is 1. The Hall–Kier alpha value is -2.37. The third kappa shape index (κ3) is 4.49. The molecule has 146 valence electrons. The van der Waals surface area contributed by atoms with Gasteiger partial charge in [0, 0.05) is 19.5 Å². The van der Waals surface area contributed by atoms with Crippen molar-refractivity contribution < 1.29 is 4.79 Å². The standard InChI is InChI=1S/C21H31N5O/c1-4-5-13-22-21(27)26(20-16(2)10-9-11-17(20)3)15-19-24-23-18-12-7-6-8-14-25(18)19/h9-11H,4-8,12-15H2,1-3H3,(H,22,27). The summed E-state index contributed by atoms with van der Waals surface area (Å²) in [5.74, 6) is 1.93. The van der Waals surface area contributed by atoms with Crippen molar-refractivity contribution in [3.8, 4) is 0 Å². The fourth-order valence-corrected chi connectivity index (χ4v) is 3.76. The Bertz CT molecular complexity index is 763. The number of unbranched alkanes of at least 4 members (excludes halogenated alkanes) is 1. The normalized spacial score (nSPS) is 13.7. The number of aryl methyl sites for hydroxylation is 3. The molecule has 2 amide bonds. The average Bonchev–Trinajstić information content (AvgIpc) is 2.87. The van der Waals surface area contributed by atoms with Crippen LogP contribution in [0.15, 0.2) is 18.2 Å². The van der Waals surface area contributed by atoms with Gasteiger partial charge in [0.05, 0.1) is 12.2 Å². The monoisotopic (exact) mass is 369 g/mol. The minimum atomic E-state index is -0.0631. The predicted molar refractivity (Wildman–Crippen MR) is 108 cm³/mol. The lowest BCUT2D eigenvalue weighted by Crippen LogP contribution is -2.41. The largest absolute Gasteiger partial charge is 0.338 e. The second kappa shape index (κ2) is 9.02. The van der Waals surface area contributed by atoms with E-state index >= 15 is 0 Å². The maximum atomic E-state index is 13.0. The van der Waals surface area contributed by atoms with Gasteiger partial charge in [-0.2, -0.15) is 0 Å². The Morgan fingerprint density at radius 1 is 1.19 bits per heavy atom. The summed E-state index contributed by atoms with van der Waals surface area (Å²) in [4.78, 5) is 14.9. The maximum absolute atomic E-state index is 13.0. The lowest BCUT2D eigenvalue weighted by molar-refractivity contribution is 0.245. The molecule has 0 saturated heterocycles. The smallest absolute Gasteiger partial charge is 0.322 e. The summed E-state index contributed by atoms with van der Waals surface area (Å²) >= 11 is 0. The van der Waals surface area contributed by atoms with E-state index in [1.165, 1.54) is 6.42 Å². The highest BCUT2D eigenvalue weighted by Gasteiger charge is 2.23. The van der Waals surface area contributed by atoms with Gasteiger partial charge in [-0.15, -0.1) is 10.2 Å². The molecule has 0 saturated carbocycles. The van der Waals surface area contributed by atoms with Gasteiger partial charge in [-0.1, -0.05) is 38.0 Å². The minimum Gasteiger partial charge on any atom is -0.338 e. The lowest BCUT2D eigenvalue weighted by atomic mass is 10.1. The highest BCUT2D eigenvalue weighted by Crippen LogP contribution is 2.27. The van der Waals surface area contributed by atoms with Crippen LogP contribution in [0.3, 0.4) is 0 Å². The molecule has 0 fully saturated rings. The van der Waals surface area contributed by atoms with Gasteiger partial charge in [0.1, 0.15) is 5.82 Å². The molecule has 3 rings (SSSR count). The van der Waals surface area contributed by atoms with Crippen LogP contribution in [0.5, 0.6) is 0 Å². The molecule has 27 heavy (non-hydrogen) atoms. The number of nitrogens with one attached hydrogen (secondary N) is 1. The second-order valence-corrected chi connectivity index (χ2v) is 7.41. The number of fused-ring (bicyclic) bond motifs is 1. The average molecular weight is 370 g/mol. The van der Waals surface area contributed by atoms with Crippen LogP contribution in [0.25, 0.3) is 0 Å². The van der Waals surface area contributed by atoms with Gasteiger partial charge in [-0.25, -0.2) is 4.79 Å². The first-order chi connectivity index (χ1) is 13.1. The number of urea groups is 1. The summed E-state index contributed by atoms with van der Waals surface area (Å²) in [6.07, 6.45) is 6.54. The van der Waals surface area contributed by atoms with Gasteiger partial charge < -0.3 is 9.88 Å². The van der Waals surface area contributed by atoms with Gasteiger partial charge in [0.25, 0.3) is 0 Å². The SMILES string of the molecule is CCCCNC(=O)N(Cc1nnc2n1CCCCC2)c1c(C)cccc1C. The summed E-state index contributed by atoms with van der Waals surface area (Å²) in [7, 11) is 0. The molecule has 1 aliphatic rings. The number of aromatic nitrogens is 3. The van der Waals surface area contributed by atoms with Gasteiger partial charge >= 0.3 is 6.03 Å². The minimum absolute atomic E-state index is 0.0631. The van der Waals surface area contributed by atoms with E-state index in [2.05, 4.69) is 53.0 Å². The van der Waals surface area contributed by atoms with Gasteiger partial charge in [-0.3, -0.25) is 4.90 Å². The molecule has 0 atom stereocenters. The summed E-state index contributed by atoms with van der Waals surface area (Å²) in [6.45, 7) is 8.31. The quantitative estimate of drug-likeness (QED) is 0.779. The zero-order valence-electron chi connectivity index (χ0n) is 16.8. The molecule has 1 N–H and O–H groups in total. The summed E-state index contributed by atoms with van der Waals surface area (Å²) in [5.41, 5.74) is 3.16. The molecule has 0 radical (unpaired) electrons. The predicted octanol–water partition coefficient (Wildman–Crippen LogP) is 4.14. The van der Waals surface area contributed by atoms with E-state index in [-0.39, 0.29) is 6.03 Å². The number of nitrogens with zero attached hydrogens (tertiary/aromatic N) is 4. The Labute approximate surface area is 162 Å². The van der Waals surface area contributed by atoms with E-state index < -0.39 is 0 Å². The summed E-state index contributed by atoms with van der Waals surface area (Å²) < 4.78 is 2.22. The number of rotatable bonds is 6. The van der Waals surface area contributed by atoms with Crippen molar-refractivity contribution in [3.63, 3.8) is 0 Å². The van der Waals surface area contributed by atoms with Crippen molar-refractivity contribution in [2.45, 2.75) is 72.4 Å². The maximum Gasteiger partial charge on any atom is 0.322 e. The topological polar surface area (TPSA) is 63.1 Å². The van der Waals surface area contributed by atoms with Crippen LogP contribution in [-0.2, 0) is 19.5 Å². The van der Waals surface area contributed by atoms with Crippen molar-refractivity contribution in [2.75, 3.05) is 11.4 Å². The van der Waals surface area contributed by atoms with Crippen LogP contribution in [0, 0.1) is 13.8 Å². The number of benzene rings is 1. The number of carbonyl (C=O) groups is 1. The van der Waals surface area contributed by atoms with E-state index in [9.17, 15) is 4.79 Å². The molecule has 1 aliphatic heterocycles. The van der Waals surface area contributed by atoms with Crippen LogP contribution < -0.4 is 10.2 Å². The number of anilines is 1. The fourth-order valence-electron chi connectivity index (χ4n) is 3.76. The zero-order valence-corrected chi connectivity index (χ0v) is 16.8. The van der Waals surface area contributed by atoms with Gasteiger partial charge in [-0.05, 0) is 44.2 Å². The van der Waals surface area contributed by atoms with Crippen LogP contribution in [0.4, 0.5) is 10.5 Å². The molecule has 0 bridgehead atoms. The Balaban J connectivity index is 1.91. The van der Waals surface area contributed by atoms with E-state index in [0.717, 1.165) is 67.1 Å². The zero-order chi connectivity index (χ0) is 19.2. The highest BCUT2D eigenvalue weighted by atomic mass is 16.2. The molecule has 0 aliphatic carbocycles. The lowest BCUT2D eigenvalue weighted by Gasteiger charge is -2.26. The van der Waals surface area contributed by atoms with Crippen molar-refractivity contribution in [3.05, 3.63) is 41.0 Å². The molecule has 0 spiro atoms. The Morgan fingerprint density at radius 2 is 1.96 bits per heavy atom. The van der Waals surface area contributed by atoms with E-state index in [0.29, 0.717) is 13.1 Å². The van der Waals surface area contributed by atoms with Crippen LogP contribution in [-0.4, -0.2) is 27.3 Å².